The van der Waals surface area contributed by atoms with E-state index in [9.17, 15) is 8.42 Å². The first kappa shape index (κ1) is 17.2. The van der Waals surface area contributed by atoms with Gasteiger partial charge in [0, 0.05) is 32.2 Å². The van der Waals surface area contributed by atoms with Crippen molar-refractivity contribution in [1.29, 1.82) is 0 Å². The van der Waals surface area contributed by atoms with Crippen LogP contribution in [0.15, 0.2) is 0 Å². The van der Waals surface area contributed by atoms with Gasteiger partial charge in [-0.3, -0.25) is 0 Å². The molecule has 124 valence electrons. The molecule has 0 aromatic carbocycles. The van der Waals surface area contributed by atoms with Crippen molar-refractivity contribution in [1.82, 2.24) is 13.9 Å². The van der Waals surface area contributed by atoms with E-state index >= 15 is 0 Å². The van der Waals surface area contributed by atoms with Gasteiger partial charge < -0.3 is 5.32 Å². The second kappa shape index (κ2) is 7.90. The SMILES string of the molecule is CCC1CCCCCN1S(=O)(=O)N(C)CCCNC1CC1. The third kappa shape index (κ3) is 4.91. The molecule has 1 aliphatic carbocycles. The van der Waals surface area contributed by atoms with Gasteiger partial charge in [0.15, 0.2) is 0 Å². The van der Waals surface area contributed by atoms with E-state index in [-0.39, 0.29) is 6.04 Å². The molecule has 1 N–H and O–H groups in total. The zero-order chi connectivity index (χ0) is 15.3. The quantitative estimate of drug-likeness (QED) is 0.696. The van der Waals surface area contributed by atoms with E-state index in [1.807, 2.05) is 0 Å². The highest BCUT2D eigenvalue weighted by Crippen LogP contribution is 2.23. The first-order valence-corrected chi connectivity index (χ1v) is 9.92. The van der Waals surface area contributed by atoms with Gasteiger partial charge in [0.1, 0.15) is 0 Å². The zero-order valence-electron chi connectivity index (χ0n) is 13.6. The maximum atomic E-state index is 12.8. The van der Waals surface area contributed by atoms with Crippen molar-refractivity contribution in [3.8, 4) is 0 Å². The van der Waals surface area contributed by atoms with Crippen LogP contribution in [0, 0.1) is 0 Å². The lowest BCUT2D eigenvalue weighted by molar-refractivity contribution is 0.287. The highest BCUT2D eigenvalue weighted by Gasteiger charge is 2.32. The Morgan fingerprint density at radius 3 is 2.62 bits per heavy atom. The van der Waals surface area contributed by atoms with Gasteiger partial charge in [-0.2, -0.15) is 17.0 Å². The number of nitrogens with one attached hydrogen (secondary N) is 1. The van der Waals surface area contributed by atoms with Gasteiger partial charge in [-0.25, -0.2) is 0 Å². The Balaban J connectivity index is 1.86. The summed E-state index contributed by atoms with van der Waals surface area (Å²) in [6.07, 6.45) is 8.66. The molecule has 21 heavy (non-hydrogen) atoms. The summed E-state index contributed by atoms with van der Waals surface area (Å²) in [7, 11) is -1.57. The lowest BCUT2D eigenvalue weighted by Crippen LogP contribution is -2.47. The molecule has 1 aliphatic heterocycles. The highest BCUT2D eigenvalue weighted by atomic mass is 32.2. The fraction of sp³-hybridized carbons (Fsp3) is 1.00. The molecular weight excluding hydrogens is 286 g/mol. The predicted octanol–water partition coefficient (Wildman–Crippen LogP) is 1.96. The molecule has 0 spiro atoms. The van der Waals surface area contributed by atoms with Crippen LogP contribution in [0.5, 0.6) is 0 Å². The molecule has 2 rings (SSSR count). The normalized spacial score (nSPS) is 25.2. The average molecular weight is 317 g/mol. The minimum Gasteiger partial charge on any atom is -0.314 e. The Labute approximate surface area is 130 Å². The third-order valence-corrected chi connectivity index (χ3v) is 6.69. The lowest BCUT2D eigenvalue weighted by atomic mass is 10.1. The van der Waals surface area contributed by atoms with E-state index in [1.54, 1.807) is 15.7 Å². The van der Waals surface area contributed by atoms with Crippen molar-refractivity contribution < 1.29 is 8.42 Å². The Morgan fingerprint density at radius 1 is 1.19 bits per heavy atom. The molecule has 0 aromatic rings. The van der Waals surface area contributed by atoms with E-state index in [0.717, 1.165) is 45.1 Å². The minimum atomic E-state index is -3.29. The third-order valence-electron chi connectivity index (χ3n) is 4.64. The van der Waals surface area contributed by atoms with Crippen LogP contribution in [-0.4, -0.2) is 55.8 Å². The average Bonchev–Trinajstić information content (AvgIpc) is 3.28. The summed E-state index contributed by atoms with van der Waals surface area (Å²) in [5, 5.41) is 3.44. The molecule has 1 unspecified atom stereocenters. The molecular formula is C15H31N3O2S. The molecule has 1 saturated heterocycles. The monoisotopic (exact) mass is 317 g/mol. The van der Waals surface area contributed by atoms with Gasteiger partial charge in [0.25, 0.3) is 10.2 Å². The van der Waals surface area contributed by atoms with E-state index in [2.05, 4.69) is 12.2 Å². The van der Waals surface area contributed by atoms with Crippen molar-refractivity contribution in [2.75, 3.05) is 26.7 Å². The Morgan fingerprint density at radius 2 is 1.95 bits per heavy atom. The molecule has 5 nitrogen and oxygen atoms in total. The van der Waals surface area contributed by atoms with Crippen LogP contribution in [-0.2, 0) is 10.2 Å². The molecule has 2 aliphatic rings. The van der Waals surface area contributed by atoms with Crippen LogP contribution >= 0.6 is 0 Å². The molecule has 0 radical (unpaired) electrons. The van der Waals surface area contributed by atoms with Crippen LogP contribution in [0.1, 0.15) is 58.3 Å². The fourth-order valence-corrected chi connectivity index (χ4v) is 4.76. The largest absolute Gasteiger partial charge is 0.314 e. The summed E-state index contributed by atoms with van der Waals surface area (Å²) >= 11 is 0. The molecule has 1 heterocycles. The maximum Gasteiger partial charge on any atom is 0.281 e. The summed E-state index contributed by atoms with van der Waals surface area (Å²) in [4.78, 5) is 0. The van der Waals surface area contributed by atoms with E-state index in [0.29, 0.717) is 19.1 Å². The van der Waals surface area contributed by atoms with Crippen LogP contribution in [0.25, 0.3) is 0 Å². The van der Waals surface area contributed by atoms with Crippen LogP contribution in [0.4, 0.5) is 0 Å². The Kier molecular flexibility index (Phi) is 6.47. The Bertz CT molecular complexity index is 409. The number of nitrogens with zero attached hydrogens (tertiary/aromatic N) is 2. The summed E-state index contributed by atoms with van der Waals surface area (Å²) in [5.41, 5.74) is 0. The van der Waals surface area contributed by atoms with Crippen molar-refractivity contribution in [3.05, 3.63) is 0 Å². The number of rotatable bonds is 8. The van der Waals surface area contributed by atoms with Gasteiger partial charge in [-0.05, 0) is 45.1 Å². The molecule has 1 atom stereocenters. The maximum absolute atomic E-state index is 12.8. The summed E-state index contributed by atoms with van der Waals surface area (Å²) in [6, 6.07) is 0.881. The van der Waals surface area contributed by atoms with Crippen molar-refractivity contribution >= 4 is 10.2 Å². The minimum absolute atomic E-state index is 0.185. The van der Waals surface area contributed by atoms with Crippen LogP contribution < -0.4 is 5.32 Å². The zero-order valence-corrected chi connectivity index (χ0v) is 14.4. The predicted molar refractivity (Wildman–Crippen MR) is 86.4 cm³/mol. The molecule has 2 fully saturated rings. The van der Waals surface area contributed by atoms with Crippen molar-refractivity contribution in [2.45, 2.75) is 70.4 Å². The number of hydrogen-bond donors (Lipinski definition) is 1. The number of hydrogen-bond acceptors (Lipinski definition) is 3. The molecule has 0 amide bonds. The van der Waals surface area contributed by atoms with E-state index in [4.69, 9.17) is 0 Å². The second-order valence-electron chi connectivity index (χ2n) is 6.43. The van der Waals surface area contributed by atoms with Gasteiger partial charge in [-0.1, -0.05) is 19.8 Å². The molecule has 6 heteroatoms. The van der Waals surface area contributed by atoms with Gasteiger partial charge in [0.2, 0.25) is 0 Å². The second-order valence-corrected chi connectivity index (χ2v) is 8.42. The van der Waals surface area contributed by atoms with Crippen LogP contribution in [0.3, 0.4) is 0 Å². The molecule has 0 aromatic heterocycles. The summed E-state index contributed by atoms with van der Waals surface area (Å²) < 4.78 is 28.9. The van der Waals surface area contributed by atoms with Crippen molar-refractivity contribution in [2.24, 2.45) is 0 Å². The van der Waals surface area contributed by atoms with E-state index < -0.39 is 10.2 Å². The van der Waals surface area contributed by atoms with E-state index in [1.165, 1.54) is 12.8 Å². The highest BCUT2D eigenvalue weighted by molar-refractivity contribution is 7.86. The molecule has 1 saturated carbocycles. The first-order chi connectivity index (χ1) is 10.1. The van der Waals surface area contributed by atoms with Gasteiger partial charge >= 0.3 is 0 Å². The summed E-state index contributed by atoms with van der Waals surface area (Å²) in [6.45, 7) is 4.31. The van der Waals surface area contributed by atoms with Gasteiger partial charge in [0.05, 0.1) is 0 Å². The topological polar surface area (TPSA) is 52.7 Å². The smallest absolute Gasteiger partial charge is 0.281 e. The van der Waals surface area contributed by atoms with Gasteiger partial charge in [-0.15, -0.1) is 0 Å². The fourth-order valence-electron chi connectivity index (χ4n) is 3.05. The molecule has 0 bridgehead atoms. The Hall–Kier alpha value is -0.170. The standard InChI is InChI=1S/C15H31N3O2S/c1-3-15-8-5-4-6-13-18(15)21(19,20)17(2)12-7-11-16-14-9-10-14/h14-16H,3-13H2,1-2H3. The lowest BCUT2D eigenvalue weighted by Gasteiger charge is -2.32. The van der Waals surface area contributed by atoms with Crippen molar-refractivity contribution in [3.63, 3.8) is 0 Å². The van der Waals surface area contributed by atoms with Crippen LogP contribution in [0.2, 0.25) is 0 Å². The first-order valence-electron chi connectivity index (χ1n) is 8.52. The summed E-state index contributed by atoms with van der Waals surface area (Å²) in [5.74, 6) is 0.